The van der Waals surface area contributed by atoms with Crippen LogP contribution in [0.4, 0.5) is 11.5 Å². The van der Waals surface area contributed by atoms with E-state index < -0.39 is 0 Å². The SMILES string of the molecule is CC(C)N1CCN(c2cnc3ccc(-c4ccc5c(c4)N=C(N)C5)nc3n2)CC1. The molecule has 0 saturated carbocycles. The number of fused-ring (bicyclic) bond motifs is 2. The van der Waals surface area contributed by atoms with Gasteiger partial charge in [-0.2, -0.15) is 0 Å². The van der Waals surface area contributed by atoms with Gasteiger partial charge in [-0.05, 0) is 37.6 Å². The standard InChI is InChI=1S/C22H25N7/c1-14(2)28-7-9-29(10-8-28)21-13-24-18-6-5-17(26-22(18)27-21)15-3-4-16-12-20(23)25-19(16)11-15/h3-6,11,13-14H,7-10,12H2,1-2H3,(H2,23,25). The highest BCUT2D eigenvalue weighted by molar-refractivity contribution is 5.91. The van der Waals surface area contributed by atoms with Gasteiger partial charge in [-0.1, -0.05) is 12.1 Å². The Kier molecular flexibility index (Phi) is 4.39. The lowest BCUT2D eigenvalue weighted by molar-refractivity contribution is 0.209. The topological polar surface area (TPSA) is 83.5 Å². The molecule has 148 valence electrons. The number of hydrogen-bond acceptors (Lipinski definition) is 7. The number of amidine groups is 1. The number of benzene rings is 1. The minimum Gasteiger partial charge on any atom is -0.387 e. The summed E-state index contributed by atoms with van der Waals surface area (Å²) in [6.07, 6.45) is 2.58. The first kappa shape index (κ1) is 18.0. The number of rotatable bonds is 3. The third-order valence-corrected chi connectivity index (χ3v) is 5.78. The maximum atomic E-state index is 5.87. The molecule has 4 heterocycles. The molecule has 0 unspecified atom stereocenters. The minimum absolute atomic E-state index is 0.580. The molecule has 1 fully saturated rings. The summed E-state index contributed by atoms with van der Waals surface area (Å²) in [6.45, 7) is 8.50. The molecular weight excluding hydrogens is 362 g/mol. The van der Waals surface area contributed by atoms with Gasteiger partial charge in [0.25, 0.3) is 0 Å². The first-order chi connectivity index (χ1) is 14.1. The van der Waals surface area contributed by atoms with E-state index in [2.05, 4.69) is 45.8 Å². The molecule has 0 amide bonds. The summed E-state index contributed by atoms with van der Waals surface area (Å²) in [5, 5.41) is 0. The summed E-state index contributed by atoms with van der Waals surface area (Å²) in [4.78, 5) is 23.4. The summed E-state index contributed by atoms with van der Waals surface area (Å²) in [6, 6.07) is 10.7. The first-order valence-corrected chi connectivity index (χ1v) is 10.2. The van der Waals surface area contributed by atoms with Crippen molar-refractivity contribution in [2.24, 2.45) is 10.7 Å². The Morgan fingerprint density at radius 2 is 1.83 bits per heavy atom. The Labute approximate surface area is 170 Å². The summed E-state index contributed by atoms with van der Waals surface area (Å²) < 4.78 is 0. The quantitative estimate of drug-likeness (QED) is 0.744. The van der Waals surface area contributed by atoms with Gasteiger partial charge in [0.15, 0.2) is 5.65 Å². The highest BCUT2D eigenvalue weighted by Gasteiger charge is 2.20. The number of hydrogen-bond donors (Lipinski definition) is 1. The van der Waals surface area contributed by atoms with Gasteiger partial charge in [0.05, 0.1) is 17.6 Å². The van der Waals surface area contributed by atoms with Gasteiger partial charge in [0.2, 0.25) is 0 Å². The number of nitrogens with two attached hydrogens (primary N) is 1. The number of nitrogens with zero attached hydrogens (tertiary/aromatic N) is 6. The summed E-state index contributed by atoms with van der Waals surface area (Å²) >= 11 is 0. The molecule has 2 aliphatic heterocycles. The third-order valence-electron chi connectivity index (χ3n) is 5.78. The normalized spacial score (nSPS) is 17.1. The van der Waals surface area contributed by atoms with Crippen LogP contribution >= 0.6 is 0 Å². The van der Waals surface area contributed by atoms with Crippen molar-refractivity contribution in [2.45, 2.75) is 26.3 Å². The van der Waals surface area contributed by atoms with Gasteiger partial charge in [-0.3, -0.25) is 4.90 Å². The molecule has 5 rings (SSSR count). The molecule has 0 radical (unpaired) electrons. The number of aromatic nitrogens is 3. The van der Waals surface area contributed by atoms with Gasteiger partial charge in [0, 0.05) is 44.2 Å². The summed E-state index contributed by atoms with van der Waals surface area (Å²) in [5.41, 5.74) is 11.3. The van der Waals surface area contributed by atoms with Crippen LogP contribution in [0.2, 0.25) is 0 Å². The maximum absolute atomic E-state index is 5.87. The Morgan fingerprint density at radius 1 is 1.00 bits per heavy atom. The zero-order valence-electron chi connectivity index (χ0n) is 16.8. The van der Waals surface area contributed by atoms with E-state index in [1.54, 1.807) is 0 Å². The third kappa shape index (κ3) is 3.42. The number of anilines is 1. The van der Waals surface area contributed by atoms with Crippen LogP contribution < -0.4 is 10.6 Å². The molecule has 7 nitrogen and oxygen atoms in total. The van der Waals surface area contributed by atoms with Crippen LogP contribution in [0.5, 0.6) is 0 Å². The largest absolute Gasteiger partial charge is 0.387 e. The van der Waals surface area contributed by atoms with E-state index in [0.29, 0.717) is 17.5 Å². The number of aliphatic imine (C=N–C) groups is 1. The Hall–Kier alpha value is -3.06. The van der Waals surface area contributed by atoms with Crippen LogP contribution in [-0.2, 0) is 6.42 Å². The molecule has 2 N–H and O–H groups in total. The Bertz CT molecular complexity index is 1100. The van der Waals surface area contributed by atoms with Crippen molar-refractivity contribution in [3.8, 4) is 11.3 Å². The molecule has 0 aliphatic carbocycles. The average Bonchev–Trinajstić information content (AvgIpc) is 3.12. The van der Waals surface area contributed by atoms with Crippen molar-refractivity contribution in [2.75, 3.05) is 31.1 Å². The van der Waals surface area contributed by atoms with Crippen LogP contribution in [0, 0.1) is 0 Å². The lowest BCUT2D eigenvalue weighted by Gasteiger charge is -2.37. The fourth-order valence-electron chi connectivity index (χ4n) is 4.04. The highest BCUT2D eigenvalue weighted by atomic mass is 15.3. The van der Waals surface area contributed by atoms with Crippen molar-refractivity contribution in [3.05, 3.63) is 42.1 Å². The lowest BCUT2D eigenvalue weighted by atomic mass is 10.1. The van der Waals surface area contributed by atoms with Gasteiger partial charge < -0.3 is 10.6 Å². The lowest BCUT2D eigenvalue weighted by Crippen LogP contribution is -2.49. The van der Waals surface area contributed by atoms with E-state index in [1.165, 1.54) is 0 Å². The Morgan fingerprint density at radius 3 is 2.62 bits per heavy atom. The zero-order chi connectivity index (χ0) is 20.0. The average molecular weight is 387 g/mol. The van der Waals surface area contributed by atoms with Crippen LogP contribution in [0.25, 0.3) is 22.4 Å². The molecule has 2 aliphatic rings. The van der Waals surface area contributed by atoms with E-state index in [-0.39, 0.29) is 0 Å². The van der Waals surface area contributed by atoms with E-state index in [4.69, 9.17) is 15.7 Å². The van der Waals surface area contributed by atoms with Gasteiger partial charge in [-0.15, -0.1) is 0 Å². The van der Waals surface area contributed by atoms with Gasteiger partial charge >= 0.3 is 0 Å². The molecule has 0 bridgehead atoms. The second-order valence-electron chi connectivity index (χ2n) is 8.01. The number of pyridine rings is 1. The maximum Gasteiger partial charge on any atom is 0.180 e. The second-order valence-corrected chi connectivity index (χ2v) is 8.01. The predicted octanol–water partition coefficient (Wildman–Crippen LogP) is 2.77. The molecule has 29 heavy (non-hydrogen) atoms. The molecule has 0 atom stereocenters. The monoisotopic (exact) mass is 387 g/mol. The molecule has 7 heteroatoms. The smallest absolute Gasteiger partial charge is 0.180 e. The van der Waals surface area contributed by atoms with Crippen molar-refractivity contribution in [1.82, 2.24) is 19.9 Å². The van der Waals surface area contributed by atoms with Crippen molar-refractivity contribution >= 4 is 28.5 Å². The van der Waals surface area contributed by atoms with Gasteiger partial charge in [0.1, 0.15) is 17.2 Å². The van der Waals surface area contributed by atoms with E-state index in [1.807, 2.05) is 24.4 Å². The van der Waals surface area contributed by atoms with E-state index in [0.717, 1.165) is 66.4 Å². The molecular formula is C22H25N7. The van der Waals surface area contributed by atoms with Crippen LogP contribution in [0.1, 0.15) is 19.4 Å². The van der Waals surface area contributed by atoms with Crippen LogP contribution in [0.3, 0.4) is 0 Å². The molecule has 1 aromatic carbocycles. The zero-order valence-corrected chi connectivity index (χ0v) is 16.8. The van der Waals surface area contributed by atoms with E-state index in [9.17, 15) is 0 Å². The van der Waals surface area contributed by atoms with E-state index >= 15 is 0 Å². The molecule has 3 aromatic rings. The highest BCUT2D eigenvalue weighted by Crippen LogP contribution is 2.31. The van der Waals surface area contributed by atoms with Crippen LogP contribution in [-0.4, -0.2) is 57.9 Å². The predicted molar refractivity (Wildman–Crippen MR) is 117 cm³/mol. The van der Waals surface area contributed by atoms with Gasteiger partial charge in [-0.25, -0.2) is 19.9 Å². The molecule has 2 aromatic heterocycles. The molecule has 1 saturated heterocycles. The second kappa shape index (κ2) is 7.08. The van der Waals surface area contributed by atoms with Crippen molar-refractivity contribution in [1.29, 1.82) is 0 Å². The summed E-state index contributed by atoms with van der Waals surface area (Å²) in [7, 11) is 0. The summed E-state index contributed by atoms with van der Waals surface area (Å²) in [5.74, 6) is 1.56. The molecule has 0 spiro atoms. The Balaban J connectivity index is 1.44. The fourth-order valence-corrected chi connectivity index (χ4v) is 4.04. The van der Waals surface area contributed by atoms with Crippen molar-refractivity contribution < 1.29 is 0 Å². The van der Waals surface area contributed by atoms with Crippen LogP contribution in [0.15, 0.2) is 41.5 Å². The fraction of sp³-hybridized carbons (Fsp3) is 0.364. The minimum atomic E-state index is 0.580. The number of piperazine rings is 1. The first-order valence-electron chi connectivity index (χ1n) is 10.2. The van der Waals surface area contributed by atoms with Crippen molar-refractivity contribution in [3.63, 3.8) is 0 Å².